The monoisotopic (exact) mass is 348 g/mol. The Morgan fingerprint density at radius 1 is 1.31 bits per heavy atom. The van der Waals surface area contributed by atoms with E-state index in [0.29, 0.717) is 6.04 Å². The molecule has 0 amide bonds. The number of aryl methyl sites for hydroxylation is 2. The Hall–Kier alpha value is -2.93. The first kappa shape index (κ1) is 15.3. The van der Waals surface area contributed by atoms with Crippen molar-refractivity contribution in [3.05, 3.63) is 53.7 Å². The van der Waals surface area contributed by atoms with E-state index >= 15 is 0 Å². The molecule has 0 spiro atoms. The van der Waals surface area contributed by atoms with Crippen molar-refractivity contribution in [3.63, 3.8) is 0 Å². The number of aromatic nitrogens is 5. The number of hydrogen-bond acceptors (Lipinski definition) is 5. The molecule has 0 radical (unpaired) electrons. The summed E-state index contributed by atoms with van der Waals surface area (Å²) in [5.74, 6) is 2.89. The minimum Gasteiger partial charge on any atom is -0.454 e. The van der Waals surface area contributed by atoms with E-state index in [-0.39, 0.29) is 0 Å². The van der Waals surface area contributed by atoms with Crippen LogP contribution in [-0.4, -0.2) is 31.0 Å². The van der Waals surface area contributed by atoms with Crippen LogP contribution in [0, 0.1) is 6.92 Å². The van der Waals surface area contributed by atoms with E-state index in [2.05, 4.69) is 42.4 Å². The number of H-pyrrole nitrogens is 1. The molecule has 132 valence electrons. The first-order chi connectivity index (χ1) is 12.8. The standard InChI is InChI=1S/C19H20N6O/c1-12-22-23-18-7-6-15(11-25(12)18)20-9-14-10-21-24-19(14)17-8-13-4-2-3-5-16(13)26-17/h2-5,8,10,15,20H,6-7,9,11H2,1H3,(H,21,24). The summed E-state index contributed by atoms with van der Waals surface area (Å²) >= 11 is 0. The number of fused-ring (bicyclic) bond motifs is 2. The molecule has 0 fully saturated rings. The molecule has 7 heteroatoms. The summed E-state index contributed by atoms with van der Waals surface area (Å²) in [5.41, 5.74) is 2.93. The van der Waals surface area contributed by atoms with Crippen LogP contribution >= 0.6 is 0 Å². The Kier molecular flexibility index (Phi) is 3.60. The first-order valence-electron chi connectivity index (χ1n) is 8.91. The zero-order valence-corrected chi connectivity index (χ0v) is 14.6. The fourth-order valence-corrected chi connectivity index (χ4v) is 3.65. The molecular formula is C19H20N6O. The Morgan fingerprint density at radius 3 is 3.15 bits per heavy atom. The highest BCUT2D eigenvalue weighted by molar-refractivity contribution is 5.82. The molecule has 1 unspecified atom stereocenters. The van der Waals surface area contributed by atoms with Crippen molar-refractivity contribution in [1.82, 2.24) is 30.3 Å². The van der Waals surface area contributed by atoms with E-state index in [4.69, 9.17) is 4.42 Å². The fraction of sp³-hybridized carbons (Fsp3) is 0.316. The number of rotatable bonds is 4. The van der Waals surface area contributed by atoms with Gasteiger partial charge in [0.25, 0.3) is 0 Å². The van der Waals surface area contributed by atoms with Crippen LogP contribution in [0.5, 0.6) is 0 Å². The van der Waals surface area contributed by atoms with Gasteiger partial charge in [-0.05, 0) is 25.5 Å². The van der Waals surface area contributed by atoms with Crippen molar-refractivity contribution < 1.29 is 4.42 Å². The normalized spacial score (nSPS) is 16.9. The molecule has 0 aliphatic carbocycles. The summed E-state index contributed by atoms with van der Waals surface area (Å²) < 4.78 is 8.18. The van der Waals surface area contributed by atoms with Crippen LogP contribution in [0.1, 0.15) is 23.6 Å². The van der Waals surface area contributed by atoms with Crippen molar-refractivity contribution in [2.75, 3.05) is 0 Å². The number of hydrogen-bond donors (Lipinski definition) is 2. The maximum atomic E-state index is 5.98. The lowest BCUT2D eigenvalue weighted by Gasteiger charge is -2.25. The molecule has 26 heavy (non-hydrogen) atoms. The van der Waals surface area contributed by atoms with Crippen LogP contribution in [0.3, 0.4) is 0 Å². The van der Waals surface area contributed by atoms with Crippen molar-refractivity contribution in [2.45, 2.75) is 38.9 Å². The number of aromatic amines is 1. The van der Waals surface area contributed by atoms with Gasteiger partial charge in [-0.3, -0.25) is 5.10 Å². The Morgan fingerprint density at radius 2 is 2.23 bits per heavy atom. The van der Waals surface area contributed by atoms with E-state index in [1.54, 1.807) is 0 Å². The summed E-state index contributed by atoms with van der Waals surface area (Å²) in [6, 6.07) is 10.5. The van der Waals surface area contributed by atoms with E-state index in [0.717, 1.165) is 65.6 Å². The molecule has 5 rings (SSSR count). The van der Waals surface area contributed by atoms with Crippen molar-refractivity contribution in [1.29, 1.82) is 0 Å². The molecule has 7 nitrogen and oxygen atoms in total. The number of furan rings is 1. The molecule has 0 saturated carbocycles. The molecule has 3 aromatic heterocycles. The fourth-order valence-electron chi connectivity index (χ4n) is 3.65. The van der Waals surface area contributed by atoms with Crippen LogP contribution in [0.2, 0.25) is 0 Å². The lowest BCUT2D eigenvalue weighted by atomic mass is 10.1. The number of para-hydroxylation sites is 1. The van der Waals surface area contributed by atoms with Gasteiger partial charge in [0, 0.05) is 36.5 Å². The second-order valence-electron chi connectivity index (χ2n) is 6.81. The molecule has 0 bridgehead atoms. The van der Waals surface area contributed by atoms with Crippen LogP contribution in [-0.2, 0) is 19.5 Å². The highest BCUT2D eigenvalue weighted by atomic mass is 16.3. The van der Waals surface area contributed by atoms with Crippen molar-refractivity contribution >= 4 is 11.0 Å². The maximum absolute atomic E-state index is 5.98. The average molecular weight is 348 g/mol. The number of nitrogens with zero attached hydrogens (tertiary/aromatic N) is 4. The third kappa shape index (κ3) is 2.61. The van der Waals surface area contributed by atoms with Gasteiger partial charge in [0.1, 0.15) is 22.9 Å². The van der Waals surface area contributed by atoms with Crippen molar-refractivity contribution in [2.24, 2.45) is 0 Å². The maximum Gasteiger partial charge on any atom is 0.153 e. The van der Waals surface area contributed by atoms with E-state index < -0.39 is 0 Å². The molecule has 1 aliphatic heterocycles. The van der Waals surface area contributed by atoms with Gasteiger partial charge in [0.15, 0.2) is 5.76 Å². The first-order valence-corrected chi connectivity index (χ1v) is 8.91. The molecule has 2 N–H and O–H groups in total. The smallest absolute Gasteiger partial charge is 0.153 e. The zero-order valence-electron chi connectivity index (χ0n) is 14.6. The Bertz CT molecular complexity index is 1030. The lowest BCUT2D eigenvalue weighted by Crippen LogP contribution is -2.37. The average Bonchev–Trinajstić information content (AvgIpc) is 3.38. The van der Waals surface area contributed by atoms with Gasteiger partial charge in [-0.2, -0.15) is 5.10 Å². The van der Waals surface area contributed by atoms with Gasteiger partial charge < -0.3 is 14.3 Å². The highest BCUT2D eigenvalue weighted by Gasteiger charge is 2.22. The van der Waals surface area contributed by atoms with Crippen LogP contribution in [0.15, 0.2) is 40.9 Å². The molecule has 0 saturated heterocycles. The van der Waals surface area contributed by atoms with Gasteiger partial charge in [0.2, 0.25) is 0 Å². The summed E-state index contributed by atoms with van der Waals surface area (Å²) in [5, 5.41) is 20.5. The molecule has 1 atom stereocenters. The van der Waals surface area contributed by atoms with Gasteiger partial charge in [-0.15, -0.1) is 10.2 Å². The van der Waals surface area contributed by atoms with Crippen LogP contribution in [0.25, 0.3) is 22.4 Å². The van der Waals surface area contributed by atoms with E-state index in [9.17, 15) is 0 Å². The van der Waals surface area contributed by atoms with Gasteiger partial charge in [-0.1, -0.05) is 18.2 Å². The summed E-state index contributed by atoms with van der Waals surface area (Å²) in [7, 11) is 0. The van der Waals surface area contributed by atoms with Crippen molar-refractivity contribution in [3.8, 4) is 11.5 Å². The summed E-state index contributed by atoms with van der Waals surface area (Å²) in [4.78, 5) is 0. The third-order valence-corrected chi connectivity index (χ3v) is 5.10. The third-order valence-electron chi connectivity index (χ3n) is 5.10. The highest BCUT2D eigenvalue weighted by Crippen LogP contribution is 2.28. The zero-order chi connectivity index (χ0) is 17.5. The van der Waals surface area contributed by atoms with Crippen LogP contribution in [0.4, 0.5) is 0 Å². The molecular weight excluding hydrogens is 328 g/mol. The predicted molar refractivity (Wildman–Crippen MR) is 97.5 cm³/mol. The molecule has 1 aromatic carbocycles. The molecule has 4 aromatic rings. The Balaban J connectivity index is 1.33. The largest absolute Gasteiger partial charge is 0.454 e. The minimum absolute atomic E-state index is 0.399. The Labute approximate surface area is 150 Å². The topological polar surface area (TPSA) is 84.6 Å². The molecule has 1 aliphatic rings. The lowest BCUT2D eigenvalue weighted by molar-refractivity contribution is 0.375. The quantitative estimate of drug-likeness (QED) is 0.592. The van der Waals surface area contributed by atoms with Gasteiger partial charge >= 0.3 is 0 Å². The molecule has 4 heterocycles. The van der Waals surface area contributed by atoms with Crippen LogP contribution < -0.4 is 5.32 Å². The number of benzene rings is 1. The second kappa shape index (κ2) is 6.10. The summed E-state index contributed by atoms with van der Waals surface area (Å²) in [6.45, 7) is 3.66. The van der Waals surface area contributed by atoms with Gasteiger partial charge in [-0.25, -0.2) is 0 Å². The minimum atomic E-state index is 0.399. The second-order valence-corrected chi connectivity index (χ2v) is 6.81. The SMILES string of the molecule is Cc1nnc2n1CC(NCc1cn[nH]c1-c1cc3ccccc3o1)CC2. The predicted octanol–water partition coefficient (Wildman–Crippen LogP) is 2.83. The van der Waals surface area contributed by atoms with E-state index in [1.165, 1.54) is 0 Å². The number of nitrogens with one attached hydrogen (secondary N) is 2. The van der Waals surface area contributed by atoms with E-state index in [1.807, 2.05) is 31.3 Å². The summed E-state index contributed by atoms with van der Waals surface area (Å²) in [6.07, 6.45) is 3.89. The van der Waals surface area contributed by atoms with Gasteiger partial charge in [0.05, 0.1) is 6.20 Å².